The molecule has 1 aliphatic rings. The summed E-state index contributed by atoms with van der Waals surface area (Å²) in [7, 11) is 0. The average molecular weight is 371 g/mol. The van der Waals surface area contributed by atoms with Crippen molar-refractivity contribution >= 4 is 12.0 Å². The molecule has 0 aromatic rings. The molecule has 1 fully saturated rings. The highest BCUT2D eigenvalue weighted by molar-refractivity contribution is 5.77. The highest BCUT2D eigenvalue weighted by Gasteiger charge is 2.24. The molecule has 2 amide bonds. The van der Waals surface area contributed by atoms with Gasteiger partial charge in [-0.2, -0.15) is 0 Å². The molecule has 1 heterocycles. The van der Waals surface area contributed by atoms with Crippen molar-refractivity contribution in [2.75, 3.05) is 45.8 Å². The van der Waals surface area contributed by atoms with E-state index in [-0.39, 0.29) is 18.0 Å². The van der Waals surface area contributed by atoms with E-state index < -0.39 is 5.60 Å². The van der Waals surface area contributed by atoms with E-state index in [0.29, 0.717) is 19.0 Å². The minimum absolute atomic E-state index is 0.0693. The molecule has 1 saturated heterocycles. The van der Waals surface area contributed by atoms with E-state index in [1.54, 1.807) is 0 Å². The number of piperazine rings is 1. The van der Waals surface area contributed by atoms with Gasteiger partial charge in [0.25, 0.3) is 0 Å². The van der Waals surface area contributed by atoms with E-state index in [0.717, 1.165) is 39.1 Å². The third-order valence-corrected chi connectivity index (χ3v) is 4.16. The Hall–Kier alpha value is -1.34. The molecule has 0 spiro atoms. The van der Waals surface area contributed by atoms with Crippen LogP contribution < -0.4 is 10.6 Å². The maximum atomic E-state index is 12.1. The molecule has 2 N–H and O–H groups in total. The number of hydrogen-bond acceptors (Lipinski definition) is 5. The Bertz CT molecular complexity index is 441. The monoisotopic (exact) mass is 370 g/mol. The summed E-state index contributed by atoms with van der Waals surface area (Å²) in [6, 6.07) is 0.0693. The first-order valence-corrected chi connectivity index (χ1v) is 9.80. The SMILES string of the molecule is CCNC(=O)CN1CCN(C[C@@H](CC(C)C)NC(=O)OC(C)(C)C)CC1. The second-order valence-corrected chi connectivity index (χ2v) is 8.50. The molecule has 0 saturated carbocycles. The van der Waals surface area contributed by atoms with E-state index in [1.165, 1.54) is 0 Å². The molecule has 0 aromatic heterocycles. The zero-order valence-corrected chi connectivity index (χ0v) is 17.4. The first-order chi connectivity index (χ1) is 12.1. The third-order valence-electron chi connectivity index (χ3n) is 4.16. The largest absolute Gasteiger partial charge is 0.444 e. The van der Waals surface area contributed by atoms with Gasteiger partial charge in [-0.15, -0.1) is 0 Å². The Labute approximate surface area is 158 Å². The number of rotatable bonds is 8. The molecular formula is C19H38N4O3. The Kier molecular flexibility index (Phi) is 9.36. The highest BCUT2D eigenvalue weighted by Crippen LogP contribution is 2.11. The summed E-state index contributed by atoms with van der Waals surface area (Å²) in [6.07, 6.45) is 0.566. The number of carbonyl (C=O) groups excluding carboxylic acids is 2. The number of nitrogens with one attached hydrogen (secondary N) is 2. The molecule has 152 valence electrons. The van der Waals surface area contributed by atoms with E-state index in [4.69, 9.17) is 4.74 Å². The van der Waals surface area contributed by atoms with Crippen LogP contribution >= 0.6 is 0 Å². The molecule has 0 aliphatic carbocycles. The van der Waals surface area contributed by atoms with Crippen LogP contribution in [-0.4, -0.2) is 79.3 Å². The summed E-state index contributed by atoms with van der Waals surface area (Å²) in [6.45, 7) is 17.4. The second kappa shape index (κ2) is 10.7. The average Bonchev–Trinajstić information content (AvgIpc) is 2.46. The van der Waals surface area contributed by atoms with Gasteiger partial charge in [0.15, 0.2) is 0 Å². The van der Waals surface area contributed by atoms with Crippen molar-refractivity contribution in [3.63, 3.8) is 0 Å². The van der Waals surface area contributed by atoms with Crippen LogP contribution in [-0.2, 0) is 9.53 Å². The first kappa shape index (κ1) is 22.7. The van der Waals surface area contributed by atoms with Crippen LogP contribution in [0.4, 0.5) is 4.79 Å². The van der Waals surface area contributed by atoms with Crippen LogP contribution in [0.2, 0.25) is 0 Å². The smallest absolute Gasteiger partial charge is 0.407 e. The molecule has 0 bridgehead atoms. The van der Waals surface area contributed by atoms with Crippen LogP contribution in [0.15, 0.2) is 0 Å². The minimum Gasteiger partial charge on any atom is -0.444 e. The molecule has 1 atom stereocenters. The summed E-state index contributed by atoms with van der Waals surface area (Å²) in [5.41, 5.74) is -0.489. The van der Waals surface area contributed by atoms with Crippen molar-refractivity contribution < 1.29 is 14.3 Å². The Balaban J connectivity index is 2.46. The fourth-order valence-electron chi connectivity index (χ4n) is 3.12. The standard InChI is InChI=1S/C19H38N4O3/c1-7-20-17(24)14-23-10-8-22(9-11-23)13-16(12-15(2)3)21-18(25)26-19(4,5)6/h15-16H,7-14H2,1-6H3,(H,20,24)(H,21,25)/t16-/m1/s1. The number of carbonyl (C=O) groups is 2. The van der Waals surface area contributed by atoms with Crippen molar-refractivity contribution in [2.24, 2.45) is 5.92 Å². The number of nitrogens with zero attached hydrogens (tertiary/aromatic N) is 2. The molecule has 0 radical (unpaired) electrons. The Morgan fingerprint density at radius 2 is 1.65 bits per heavy atom. The molecule has 1 aliphatic heterocycles. The normalized spacial score (nSPS) is 17.8. The second-order valence-electron chi connectivity index (χ2n) is 8.50. The van der Waals surface area contributed by atoms with Gasteiger partial charge in [0.05, 0.1) is 6.54 Å². The predicted molar refractivity (Wildman–Crippen MR) is 104 cm³/mol. The molecule has 1 rings (SSSR count). The fourth-order valence-corrected chi connectivity index (χ4v) is 3.12. The number of hydrogen-bond donors (Lipinski definition) is 2. The van der Waals surface area contributed by atoms with E-state index in [9.17, 15) is 9.59 Å². The maximum Gasteiger partial charge on any atom is 0.407 e. The summed E-state index contributed by atoms with van der Waals surface area (Å²) >= 11 is 0. The third kappa shape index (κ3) is 9.97. The molecule has 7 nitrogen and oxygen atoms in total. The molecule has 0 unspecified atom stereocenters. The van der Waals surface area contributed by atoms with E-state index in [2.05, 4.69) is 34.3 Å². The number of likely N-dealkylation sites (N-methyl/N-ethyl adjacent to an activating group) is 1. The lowest BCUT2D eigenvalue weighted by molar-refractivity contribution is -0.122. The van der Waals surface area contributed by atoms with Gasteiger partial charge in [0.2, 0.25) is 5.91 Å². The van der Waals surface area contributed by atoms with Gasteiger partial charge in [-0.05, 0) is 40.0 Å². The van der Waals surface area contributed by atoms with Gasteiger partial charge >= 0.3 is 6.09 Å². The number of ether oxygens (including phenoxy) is 1. The lowest BCUT2D eigenvalue weighted by atomic mass is 10.0. The van der Waals surface area contributed by atoms with E-state index in [1.807, 2.05) is 27.7 Å². The number of amides is 2. The van der Waals surface area contributed by atoms with Crippen molar-refractivity contribution in [3.8, 4) is 0 Å². The van der Waals surface area contributed by atoms with Gasteiger partial charge in [0, 0.05) is 45.3 Å². The van der Waals surface area contributed by atoms with Gasteiger partial charge in [0.1, 0.15) is 5.60 Å². The van der Waals surface area contributed by atoms with Gasteiger partial charge in [-0.3, -0.25) is 14.6 Å². The van der Waals surface area contributed by atoms with Crippen LogP contribution in [0.1, 0.15) is 48.0 Å². The van der Waals surface area contributed by atoms with Crippen molar-refractivity contribution in [1.82, 2.24) is 20.4 Å². The number of alkyl carbamates (subject to hydrolysis) is 1. The molecular weight excluding hydrogens is 332 g/mol. The van der Waals surface area contributed by atoms with Gasteiger partial charge < -0.3 is 15.4 Å². The quantitative estimate of drug-likeness (QED) is 0.680. The van der Waals surface area contributed by atoms with Crippen LogP contribution in [0, 0.1) is 5.92 Å². The van der Waals surface area contributed by atoms with Crippen LogP contribution in [0.25, 0.3) is 0 Å². The van der Waals surface area contributed by atoms with Crippen LogP contribution in [0.5, 0.6) is 0 Å². The minimum atomic E-state index is -0.489. The zero-order valence-electron chi connectivity index (χ0n) is 17.4. The Morgan fingerprint density at radius 3 is 2.15 bits per heavy atom. The van der Waals surface area contributed by atoms with Gasteiger partial charge in [-0.1, -0.05) is 13.8 Å². The highest BCUT2D eigenvalue weighted by atomic mass is 16.6. The van der Waals surface area contributed by atoms with E-state index >= 15 is 0 Å². The van der Waals surface area contributed by atoms with Crippen molar-refractivity contribution in [3.05, 3.63) is 0 Å². The van der Waals surface area contributed by atoms with Crippen molar-refractivity contribution in [1.29, 1.82) is 0 Å². The lowest BCUT2D eigenvalue weighted by Crippen LogP contribution is -2.53. The first-order valence-electron chi connectivity index (χ1n) is 9.80. The molecule has 0 aromatic carbocycles. The maximum absolute atomic E-state index is 12.1. The van der Waals surface area contributed by atoms with Crippen LogP contribution in [0.3, 0.4) is 0 Å². The summed E-state index contributed by atoms with van der Waals surface area (Å²) < 4.78 is 5.40. The summed E-state index contributed by atoms with van der Waals surface area (Å²) in [5.74, 6) is 0.583. The molecule has 26 heavy (non-hydrogen) atoms. The Morgan fingerprint density at radius 1 is 1.08 bits per heavy atom. The summed E-state index contributed by atoms with van der Waals surface area (Å²) in [4.78, 5) is 28.4. The molecule has 7 heteroatoms. The lowest BCUT2D eigenvalue weighted by Gasteiger charge is -2.36. The van der Waals surface area contributed by atoms with Crippen molar-refractivity contribution in [2.45, 2.75) is 59.6 Å². The topological polar surface area (TPSA) is 73.9 Å². The fraction of sp³-hybridized carbons (Fsp3) is 0.895. The van der Waals surface area contributed by atoms with Gasteiger partial charge in [-0.25, -0.2) is 4.79 Å². The zero-order chi connectivity index (χ0) is 19.7. The predicted octanol–water partition coefficient (Wildman–Crippen LogP) is 1.68. The summed E-state index contributed by atoms with van der Waals surface area (Å²) in [5, 5.41) is 5.87.